The number of hydrogen-bond acceptors (Lipinski definition) is 2. The number of hydrogen-bond donors (Lipinski definition) is 1. The highest BCUT2D eigenvalue weighted by Gasteiger charge is 2.13. The molecule has 0 bridgehead atoms. The van der Waals surface area contributed by atoms with Crippen LogP contribution in [0.5, 0.6) is 5.75 Å². The van der Waals surface area contributed by atoms with Gasteiger partial charge in [0.15, 0.2) is 0 Å². The number of primary amides is 1. The van der Waals surface area contributed by atoms with E-state index < -0.39 is 5.91 Å². The lowest BCUT2D eigenvalue weighted by atomic mass is 10.1. The molecule has 3 nitrogen and oxygen atoms in total. The molecule has 0 saturated heterocycles. The van der Waals surface area contributed by atoms with Gasteiger partial charge in [-0.2, -0.15) is 0 Å². The SMILES string of the molecule is NC(=O)c1cccc2c1OCC=C2. The highest BCUT2D eigenvalue weighted by molar-refractivity contribution is 5.97. The molecule has 1 aromatic carbocycles. The Morgan fingerprint density at radius 2 is 2.31 bits per heavy atom. The summed E-state index contributed by atoms with van der Waals surface area (Å²) >= 11 is 0. The van der Waals surface area contributed by atoms with E-state index in [0.717, 1.165) is 5.56 Å². The zero-order valence-corrected chi connectivity index (χ0v) is 6.99. The molecule has 0 spiro atoms. The molecular formula is C10H9NO2. The molecule has 1 aromatic rings. The van der Waals surface area contributed by atoms with Gasteiger partial charge in [0.2, 0.25) is 0 Å². The molecule has 1 aliphatic rings. The van der Waals surface area contributed by atoms with Gasteiger partial charge in [0, 0.05) is 5.56 Å². The summed E-state index contributed by atoms with van der Waals surface area (Å²) in [5, 5.41) is 0. The molecule has 13 heavy (non-hydrogen) atoms. The Labute approximate surface area is 75.8 Å². The number of carbonyl (C=O) groups is 1. The minimum atomic E-state index is -0.452. The third-order valence-electron chi connectivity index (χ3n) is 1.93. The van der Waals surface area contributed by atoms with Gasteiger partial charge in [-0.05, 0) is 12.1 Å². The molecule has 1 aliphatic heterocycles. The van der Waals surface area contributed by atoms with Crippen molar-refractivity contribution in [3.63, 3.8) is 0 Å². The first kappa shape index (κ1) is 7.86. The number of para-hydroxylation sites is 1. The Morgan fingerprint density at radius 1 is 1.46 bits per heavy atom. The van der Waals surface area contributed by atoms with Crippen LogP contribution >= 0.6 is 0 Å². The number of ether oxygens (including phenoxy) is 1. The van der Waals surface area contributed by atoms with Gasteiger partial charge in [-0.3, -0.25) is 4.79 Å². The molecule has 0 aromatic heterocycles. The normalized spacial score (nSPS) is 13.2. The Kier molecular flexibility index (Phi) is 1.77. The molecule has 1 amide bonds. The molecule has 0 unspecified atom stereocenters. The Hall–Kier alpha value is -1.77. The van der Waals surface area contributed by atoms with Crippen molar-refractivity contribution in [1.82, 2.24) is 0 Å². The quantitative estimate of drug-likeness (QED) is 0.697. The number of benzene rings is 1. The van der Waals surface area contributed by atoms with Gasteiger partial charge in [-0.15, -0.1) is 0 Å². The fourth-order valence-corrected chi connectivity index (χ4v) is 1.35. The van der Waals surface area contributed by atoms with Crippen molar-refractivity contribution in [2.45, 2.75) is 0 Å². The highest BCUT2D eigenvalue weighted by atomic mass is 16.5. The third kappa shape index (κ3) is 1.28. The van der Waals surface area contributed by atoms with Crippen LogP contribution in [0.3, 0.4) is 0 Å². The van der Waals surface area contributed by atoms with Crippen molar-refractivity contribution in [2.75, 3.05) is 6.61 Å². The summed E-state index contributed by atoms with van der Waals surface area (Å²) in [7, 11) is 0. The number of amides is 1. The average molecular weight is 175 g/mol. The van der Waals surface area contributed by atoms with Gasteiger partial charge in [-0.25, -0.2) is 0 Å². The summed E-state index contributed by atoms with van der Waals surface area (Å²) in [6.45, 7) is 0.497. The van der Waals surface area contributed by atoms with Gasteiger partial charge in [-0.1, -0.05) is 18.2 Å². The molecule has 1 heterocycles. The van der Waals surface area contributed by atoms with E-state index in [0.29, 0.717) is 17.9 Å². The minimum absolute atomic E-state index is 0.446. The summed E-state index contributed by atoms with van der Waals surface area (Å²) in [5.41, 5.74) is 6.55. The van der Waals surface area contributed by atoms with Crippen molar-refractivity contribution < 1.29 is 9.53 Å². The Balaban J connectivity index is 2.59. The van der Waals surface area contributed by atoms with Crippen molar-refractivity contribution in [3.8, 4) is 5.75 Å². The van der Waals surface area contributed by atoms with E-state index in [1.165, 1.54) is 0 Å². The first-order valence-electron chi connectivity index (χ1n) is 4.01. The lowest BCUT2D eigenvalue weighted by Crippen LogP contribution is -2.14. The maximum Gasteiger partial charge on any atom is 0.252 e. The van der Waals surface area contributed by atoms with Gasteiger partial charge in [0.05, 0.1) is 5.56 Å². The number of fused-ring (bicyclic) bond motifs is 1. The fourth-order valence-electron chi connectivity index (χ4n) is 1.35. The van der Waals surface area contributed by atoms with Crippen LogP contribution in [-0.2, 0) is 0 Å². The molecule has 0 saturated carbocycles. The zero-order chi connectivity index (χ0) is 9.26. The topological polar surface area (TPSA) is 52.3 Å². The molecule has 66 valence electrons. The predicted molar refractivity (Wildman–Crippen MR) is 49.5 cm³/mol. The van der Waals surface area contributed by atoms with Crippen LogP contribution < -0.4 is 10.5 Å². The van der Waals surface area contributed by atoms with Crippen LogP contribution in [0.1, 0.15) is 15.9 Å². The highest BCUT2D eigenvalue weighted by Crippen LogP contribution is 2.27. The second-order valence-corrected chi connectivity index (χ2v) is 2.80. The standard InChI is InChI=1S/C10H9NO2/c11-10(12)8-5-1-3-7-4-2-6-13-9(7)8/h1-5H,6H2,(H2,11,12). The Morgan fingerprint density at radius 3 is 3.08 bits per heavy atom. The van der Waals surface area contributed by atoms with Crippen molar-refractivity contribution in [3.05, 3.63) is 35.4 Å². The minimum Gasteiger partial charge on any atom is -0.488 e. The van der Waals surface area contributed by atoms with Crippen LogP contribution in [0.4, 0.5) is 0 Å². The van der Waals surface area contributed by atoms with Crippen molar-refractivity contribution >= 4 is 12.0 Å². The average Bonchev–Trinajstić information content (AvgIpc) is 2.17. The first-order valence-corrected chi connectivity index (χ1v) is 4.01. The van der Waals surface area contributed by atoms with Gasteiger partial charge in [0.1, 0.15) is 12.4 Å². The van der Waals surface area contributed by atoms with Crippen LogP contribution in [0.2, 0.25) is 0 Å². The van der Waals surface area contributed by atoms with Crippen LogP contribution in [0, 0.1) is 0 Å². The number of nitrogens with two attached hydrogens (primary N) is 1. The Bertz CT molecular complexity index is 383. The van der Waals surface area contributed by atoms with Crippen LogP contribution in [-0.4, -0.2) is 12.5 Å². The van der Waals surface area contributed by atoms with E-state index in [1.807, 2.05) is 18.2 Å². The molecule has 0 atom stereocenters. The second kappa shape index (κ2) is 2.94. The lowest BCUT2D eigenvalue weighted by molar-refractivity contribution is 0.0996. The van der Waals surface area contributed by atoms with Crippen molar-refractivity contribution in [1.29, 1.82) is 0 Å². The fraction of sp³-hybridized carbons (Fsp3) is 0.100. The van der Waals surface area contributed by atoms with E-state index >= 15 is 0 Å². The molecular weight excluding hydrogens is 166 g/mol. The summed E-state index contributed by atoms with van der Waals surface area (Å²) in [6, 6.07) is 5.34. The van der Waals surface area contributed by atoms with E-state index in [9.17, 15) is 4.79 Å². The maximum absolute atomic E-state index is 11.0. The predicted octanol–water partition coefficient (Wildman–Crippen LogP) is 1.19. The zero-order valence-electron chi connectivity index (χ0n) is 6.99. The summed E-state index contributed by atoms with van der Waals surface area (Å²) in [5.74, 6) is 0.143. The van der Waals surface area contributed by atoms with Gasteiger partial charge in [0.25, 0.3) is 5.91 Å². The molecule has 0 fully saturated rings. The van der Waals surface area contributed by atoms with Crippen LogP contribution in [0.25, 0.3) is 6.08 Å². The van der Waals surface area contributed by atoms with Gasteiger partial charge < -0.3 is 10.5 Å². The molecule has 0 radical (unpaired) electrons. The summed E-state index contributed by atoms with van der Waals surface area (Å²) in [6.07, 6.45) is 3.82. The number of carbonyl (C=O) groups excluding carboxylic acids is 1. The van der Waals surface area contributed by atoms with E-state index in [-0.39, 0.29) is 0 Å². The molecule has 3 heteroatoms. The first-order chi connectivity index (χ1) is 6.29. The van der Waals surface area contributed by atoms with E-state index in [1.54, 1.807) is 12.1 Å². The van der Waals surface area contributed by atoms with E-state index in [4.69, 9.17) is 10.5 Å². The summed E-state index contributed by atoms with van der Waals surface area (Å²) < 4.78 is 5.33. The third-order valence-corrected chi connectivity index (χ3v) is 1.93. The molecule has 2 rings (SSSR count). The number of rotatable bonds is 1. The lowest BCUT2D eigenvalue weighted by Gasteiger charge is -2.14. The second-order valence-electron chi connectivity index (χ2n) is 2.80. The van der Waals surface area contributed by atoms with Gasteiger partial charge >= 0.3 is 0 Å². The van der Waals surface area contributed by atoms with Crippen molar-refractivity contribution in [2.24, 2.45) is 5.73 Å². The largest absolute Gasteiger partial charge is 0.488 e. The maximum atomic E-state index is 11.0. The molecule has 2 N–H and O–H groups in total. The van der Waals surface area contributed by atoms with E-state index in [2.05, 4.69) is 0 Å². The monoisotopic (exact) mass is 175 g/mol. The molecule has 0 aliphatic carbocycles. The smallest absolute Gasteiger partial charge is 0.252 e. The van der Waals surface area contributed by atoms with Crippen LogP contribution in [0.15, 0.2) is 24.3 Å². The summed E-state index contributed by atoms with van der Waals surface area (Å²) in [4.78, 5) is 11.0.